The first-order valence-electron chi connectivity index (χ1n) is 23.3. The van der Waals surface area contributed by atoms with Crippen molar-refractivity contribution in [1.29, 1.82) is 0 Å². The van der Waals surface area contributed by atoms with Crippen LogP contribution in [0.5, 0.6) is 0 Å². The van der Waals surface area contributed by atoms with Crippen molar-refractivity contribution in [2.45, 2.75) is 119 Å². The zero-order valence-corrected chi connectivity index (χ0v) is 47.6. The average Bonchev–Trinajstić information content (AvgIpc) is 0.765. The molecule has 94 heavy (non-hydrogen) atoms. The zero-order valence-electron chi connectivity index (χ0n) is 45.1. The van der Waals surface area contributed by atoms with Gasteiger partial charge in [0, 0.05) is 36.9 Å². The van der Waals surface area contributed by atoms with Crippen LogP contribution in [0.15, 0.2) is 54.6 Å². The highest BCUT2D eigenvalue weighted by molar-refractivity contribution is 7.88. The van der Waals surface area contributed by atoms with Gasteiger partial charge in [0.1, 0.15) is 24.3 Å². The molecule has 0 fully saturated rings. The van der Waals surface area contributed by atoms with Gasteiger partial charge in [0.2, 0.25) is 6.01 Å². The molecule has 0 atom stereocenters. The van der Waals surface area contributed by atoms with Crippen molar-refractivity contribution in [1.82, 2.24) is 5.32 Å². The fourth-order valence-corrected chi connectivity index (χ4v) is 7.68. The minimum absolute atomic E-state index is 0.0814. The lowest BCUT2D eigenvalue weighted by Gasteiger charge is -2.29. The molecule has 3 aromatic rings. The van der Waals surface area contributed by atoms with Gasteiger partial charge in [0.15, 0.2) is 0 Å². The van der Waals surface area contributed by atoms with Gasteiger partial charge in [-0.25, -0.2) is 18.7 Å². The first-order valence-corrected chi connectivity index (χ1v) is 27.7. The van der Waals surface area contributed by atoms with Crippen LogP contribution in [-0.4, -0.2) is 116 Å². The van der Waals surface area contributed by atoms with Gasteiger partial charge < -0.3 is 5.32 Å². The number of benzene rings is 3. The van der Waals surface area contributed by atoms with E-state index in [-0.39, 0.29) is 6.07 Å². The first-order chi connectivity index (χ1) is 42.2. The standard InChI is InChI=1S/C12H5F12NO6S.C11H5F9N2O8S.C9H18FNO.C8H7FN2O7S/c13-8(14,15)6-2-1-3-7(25(26)27)5(6)4-30-32(28,29)12(23,24)11(21,22)31-10(19,20)9(16,17)18;12-8(13,14)9(15,16)30-10(17,18)11(19,20)31(27,28)29-4-5-6(21(23)24)2-1-3-7(5)22(25)26;1-2-3-4-5-6-7-8-11-9(10)12;9-5-19(16,17)18-4-6-7(10(12)13)2-1-3-8(6)11(14)15/h1-3H,4H2;1-3H,4H2;2-8H2,1H3,(H,11,12);1-3H,4-5H2. The van der Waals surface area contributed by atoms with Gasteiger partial charge in [0.05, 0.1) is 42.4 Å². The largest absolute Gasteiger partial charge is 0.483 e. The van der Waals surface area contributed by atoms with Crippen LogP contribution < -0.4 is 5.32 Å². The van der Waals surface area contributed by atoms with Crippen LogP contribution in [-0.2, 0) is 78.4 Å². The maximum atomic E-state index is 13.6. The molecule has 0 unspecified atom stereocenters. The molecule has 0 saturated carbocycles. The van der Waals surface area contributed by atoms with E-state index in [0.29, 0.717) is 36.9 Å². The third kappa shape index (κ3) is 23.9. The molecule has 54 heteroatoms. The molecular formula is C40H35F23N6O22S3. The number of hydrogen-bond donors (Lipinski definition) is 1. The van der Waals surface area contributed by atoms with Crippen LogP contribution >= 0.6 is 0 Å². The Morgan fingerprint density at radius 3 is 1.02 bits per heavy atom. The van der Waals surface area contributed by atoms with Crippen LogP contribution in [0.4, 0.5) is 134 Å². The second-order valence-electron chi connectivity index (χ2n) is 16.8. The Kier molecular flexibility index (Phi) is 30.3. The number of carbonyl (C=O) groups excluding carboxylic acids is 1. The highest BCUT2D eigenvalue weighted by Crippen LogP contribution is 2.50. The number of amides is 1. The highest BCUT2D eigenvalue weighted by Gasteiger charge is 2.76. The number of nitro benzene ring substituents is 5. The van der Waals surface area contributed by atoms with Crippen LogP contribution in [0, 0.1) is 50.6 Å². The summed E-state index contributed by atoms with van der Waals surface area (Å²) >= 11 is 0. The minimum Gasteiger partial charge on any atom is -0.328 e. The van der Waals surface area contributed by atoms with Crippen molar-refractivity contribution in [3.05, 3.63) is 127 Å². The smallest absolute Gasteiger partial charge is 0.328 e. The van der Waals surface area contributed by atoms with Gasteiger partial charge in [-0.3, -0.25) is 63.1 Å². The number of nitrogens with one attached hydrogen (secondary N) is 1. The van der Waals surface area contributed by atoms with Crippen molar-refractivity contribution < 1.29 is 178 Å². The zero-order chi connectivity index (χ0) is 74.0. The van der Waals surface area contributed by atoms with E-state index in [9.17, 15) is 182 Å². The van der Waals surface area contributed by atoms with Crippen molar-refractivity contribution >= 4 is 65.0 Å². The number of ether oxygens (including phenoxy) is 2. The summed E-state index contributed by atoms with van der Waals surface area (Å²) in [7, 11) is -19.0. The van der Waals surface area contributed by atoms with Gasteiger partial charge in [-0.15, -0.1) is 4.39 Å². The molecule has 0 aliphatic carbocycles. The van der Waals surface area contributed by atoms with E-state index in [4.69, 9.17) is 0 Å². The summed E-state index contributed by atoms with van der Waals surface area (Å²) in [5.41, 5.74) is -11.2. The third-order valence-corrected chi connectivity index (χ3v) is 13.5. The summed E-state index contributed by atoms with van der Waals surface area (Å²) < 4.78 is 372. The Balaban J connectivity index is 0.00000130. The number of rotatable bonds is 30. The highest BCUT2D eigenvalue weighted by atomic mass is 32.2. The lowest BCUT2D eigenvalue weighted by atomic mass is 10.1. The predicted octanol–water partition coefficient (Wildman–Crippen LogP) is 12.8. The number of halogens is 23. The van der Waals surface area contributed by atoms with Crippen molar-refractivity contribution in [2.24, 2.45) is 0 Å². The van der Waals surface area contributed by atoms with Crippen LogP contribution in [0.3, 0.4) is 0 Å². The molecule has 0 spiro atoms. The number of carbonyl (C=O) groups is 1. The lowest BCUT2D eigenvalue weighted by Crippen LogP contribution is -2.55. The molecule has 1 N–H and O–H groups in total. The van der Waals surface area contributed by atoms with Crippen LogP contribution in [0.25, 0.3) is 0 Å². The summed E-state index contributed by atoms with van der Waals surface area (Å²) in [6.45, 7) is -2.78. The van der Waals surface area contributed by atoms with Crippen LogP contribution in [0.2, 0.25) is 0 Å². The summed E-state index contributed by atoms with van der Waals surface area (Å²) in [5.74, 6) is 0. The average molecular weight is 1480 g/mol. The van der Waals surface area contributed by atoms with E-state index in [1.807, 2.05) is 0 Å². The molecule has 0 bridgehead atoms. The fourth-order valence-electron chi connectivity index (χ4n) is 5.81. The van der Waals surface area contributed by atoms with Gasteiger partial charge in [0.25, 0.3) is 38.6 Å². The second-order valence-corrected chi connectivity index (χ2v) is 21.6. The van der Waals surface area contributed by atoms with E-state index in [0.717, 1.165) is 31.0 Å². The summed E-state index contributed by atoms with van der Waals surface area (Å²) in [6, 6.07) is 3.65. The van der Waals surface area contributed by atoms with E-state index in [2.05, 4.69) is 24.8 Å². The lowest BCUT2D eigenvalue weighted by molar-refractivity contribution is -0.476. The molecule has 3 aromatic carbocycles. The summed E-state index contributed by atoms with van der Waals surface area (Å²) in [4.78, 5) is 57.5. The number of alkyl halides is 22. The molecule has 0 aromatic heterocycles. The Morgan fingerprint density at radius 2 is 0.734 bits per heavy atom. The molecule has 0 aliphatic heterocycles. The molecule has 0 radical (unpaired) electrons. The van der Waals surface area contributed by atoms with Crippen LogP contribution in [0.1, 0.15) is 67.7 Å². The van der Waals surface area contributed by atoms with Gasteiger partial charge in [-0.1, -0.05) is 45.1 Å². The summed E-state index contributed by atoms with van der Waals surface area (Å²) in [5, 5.41) is 42.0. The third-order valence-electron chi connectivity index (χ3n) is 10.2. The topological polar surface area (TPSA) is 393 Å². The van der Waals surface area contributed by atoms with E-state index in [1.165, 1.54) is 25.7 Å². The predicted molar refractivity (Wildman–Crippen MR) is 257 cm³/mol. The quantitative estimate of drug-likeness (QED) is 0.0123. The number of nitrogens with zero attached hydrogens (tertiary/aromatic N) is 5. The summed E-state index contributed by atoms with van der Waals surface area (Å²) in [6.07, 6.45) is -42.1. The Labute approximate surface area is 505 Å². The van der Waals surface area contributed by atoms with Gasteiger partial charge in [-0.05, 0) is 24.6 Å². The molecule has 0 saturated heterocycles. The van der Waals surface area contributed by atoms with Crippen molar-refractivity contribution in [3.8, 4) is 0 Å². The van der Waals surface area contributed by atoms with Gasteiger partial charge in [-0.2, -0.15) is 117 Å². The van der Waals surface area contributed by atoms with E-state index in [1.54, 1.807) is 9.47 Å². The monoisotopic (exact) mass is 1480 g/mol. The molecule has 0 heterocycles. The van der Waals surface area contributed by atoms with Crippen molar-refractivity contribution in [3.63, 3.8) is 0 Å². The van der Waals surface area contributed by atoms with Crippen molar-refractivity contribution in [2.75, 3.05) is 12.6 Å². The minimum atomic E-state index is -7.34. The first kappa shape index (κ1) is 86.2. The second kappa shape index (κ2) is 33.0. The van der Waals surface area contributed by atoms with E-state index >= 15 is 0 Å². The van der Waals surface area contributed by atoms with E-state index < -0.39 is 191 Å². The molecular weight excluding hydrogens is 1450 g/mol. The normalized spacial score (nSPS) is 13.0. The van der Waals surface area contributed by atoms with Gasteiger partial charge >= 0.3 is 79.9 Å². The maximum Gasteiger partial charge on any atom is 0.483 e. The molecule has 0 aliphatic rings. The SMILES string of the molecule is CCCCCCCCNC(=O)F.O=[N+]([O-])c1cccc(C(F)(F)F)c1COS(=O)(=O)C(F)(F)C(F)(F)OC(F)(F)C(F)(F)F.O=[N+]([O-])c1cccc([N+](=O)[O-])c1COS(=O)(=O)C(F)(F)C(F)(F)OC(F)(F)C(F)(F)F.O=[N+]([O-])c1cccc([N+](=O)[O-])c1COS(=O)(=O)CF. The molecule has 536 valence electrons. The molecule has 28 nitrogen and oxygen atoms in total. The number of nitro groups is 5. The number of unbranched alkanes of at least 4 members (excludes halogenated alkanes) is 5. The maximum absolute atomic E-state index is 13.6. The fraction of sp³-hybridized carbons (Fsp3) is 0.525. The number of hydrogen-bond acceptors (Lipinski definition) is 22. The Morgan fingerprint density at radius 1 is 0.447 bits per heavy atom. The Bertz CT molecular complexity index is 3450. The molecule has 3 rings (SSSR count). The Hall–Kier alpha value is -7.83. The molecule has 1 amide bonds.